The fourth-order valence-electron chi connectivity index (χ4n) is 4.87. The van der Waals surface area contributed by atoms with Crippen LogP contribution in [0.2, 0.25) is 0 Å². The molecule has 5 rings (SSSR count). The minimum atomic E-state index is -0.733. The van der Waals surface area contributed by atoms with E-state index in [0.717, 1.165) is 36.8 Å². The van der Waals surface area contributed by atoms with Gasteiger partial charge in [0.1, 0.15) is 34.5 Å². The van der Waals surface area contributed by atoms with E-state index in [1.807, 2.05) is 29.2 Å². The maximum absolute atomic E-state index is 13.0. The first-order chi connectivity index (χ1) is 17.1. The molecule has 184 valence electrons. The Morgan fingerprint density at radius 3 is 2.66 bits per heavy atom. The summed E-state index contributed by atoms with van der Waals surface area (Å²) in [5.74, 6) is 3.14. The summed E-state index contributed by atoms with van der Waals surface area (Å²) in [5, 5.41) is 0. The van der Waals surface area contributed by atoms with Gasteiger partial charge in [0, 0.05) is 33.9 Å². The summed E-state index contributed by atoms with van der Waals surface area (Å²) in [4.78, 5) is 33.3. The van der Waals surface area contributed by atoms with Gasteiger partial charge in [0.05, 0.1) is 6.61 Å². The van der Waals surface area contributed by atoms with Crippen LogP contribution in [0.5, 0.6) is 5.75 Å². The number of fused-ring (bicyclic) bond motifs is 1. The van der Waals surface area contributed by atoms with Crippen molar-refractivity contribution in [2.75, 3.05) is 38.8 Å². The van der Waals surface area contributed by atoms with Gasteiger partial charge in [0.15, 0.2) is 0 Å². The Bertz CT molecular complexity index is 1140. The number of aryl methyl sites for hydroxylation is 1. The highest BCUT2D eigenvalue weighted by atomic mass is 16.7. The number of rotatable bonds is 6. The lowest BCUT2D eigenvalue weighted by Gasteiger charge is -2.36. The molecule has 1 amide bonds. The predicted octanol–water partition coefficient (Wildman–Crippen LogP) is 3.40. The highest BCUT2D eigenvalue weighted by molar-refractivity contribution is 5.89. The van der Waals surface area contributed by atoms with E-state index in [9.17, 15) is 9.59 Å². The first-order valence-corrected chi connectivity index (χ1v) is 11.9. The number of morpholine rings is 1. The first kappa shape index (κ1) is 23.5. The van der Waals surface area contributed by atoms with Crippen molar-refractivity contribution in [3.63, 3.8) is 0 Å². The Kier molecular flexibility index (Phi) is 6.58. The van der Waals surface area contributed by atoms with E-state index in [1.165, 1.54) is 0 Å². The predicted molar refractivity (Wildman–Crippen MR) is 127 cm³/mol. The minimum Gasteiger partial charge on any atom is -0.410 e. The number of para-hydroxylation sites is 1. The van der Waals surface area contributed by atoms with Gasteiger partial charge >= 0.3 is 6.09 Å². The van der Waals surface area contributed by atoms with Crippen molar-refractivity contribution in [1.29, 1.82) is 0 Å². The van der Waals surface area contributed by atoms with Crippen LogP contribution in [0.1, 0.15) is 42.4 Å². The van der Waals surface area contributed by atoms with Crippen molar-refractivity contribution in [1.82, 2.24) is 9.88 Å². The topological polar surface area (TPSA) is 90.4 Å². The third-order valence-corrected chi connectivity index (χ3v) is 6.74. The number of amides is 1. The third-order valence-electron chi connectivity index (χ3n) is 6.74. The summed E-state index contributed by atoms with van der Waals surface area (Å²) >= 11 is 0. The molecule has 1 aromatic carbocycles. The average molecular weight is 480 g/mol. The minimum absolute atomic E-state index is 0.447. The Morgan fingerprint density at radius 1 is 1.20 bits per heavy atom. The lowest BCUT2D eigenvalue weighted by atomic mass is 10.0. The lowest BCUT2D eigenvalue weighted by Crippen LogP contribution is -2.42. The summed E-state index contributed by atoms with van der Waals surface area (Å²) in [5.41, 5.74) is 2.46. The molecule has 3 aliphatic rings. The van der Waals surface area contributed by atoms with Crippen LogP contribution >= 0.6 is 0 Å². The van der Waals surface area contributed by atoms with Crippen molar-refractivity contribution >= 4 is 17.9 Å². The SMILES string of the molecule is COC(OC)c1nc2c(cc1CN1CCOC3(CC3)C1=C=O)CCCN2C(=O)Oc1ccccc1. The molecule has 2 aliphatic heterocycles. The van der Waals surface area contributed by atoms with E-state index in [-0.39, 0.29) is 0 Å². The number of carbonyl (C=O) groups is 1. The number of hydrogen-bond donors (Lipinski definition) is 0. The standard InChI is InChI=1S/C26H29N3O6/c1-32-24(33-2)22-19(16-28-13-14-34-26(10-11-26)21(28)17-30)15-18-7-6-12-29(23(18)27-22)25(31)35-20-8-4-3-5-9-20/h3-5,8-9,15,24H,6-7,10-14,16H2,1-2H3. The van der Waals surface area contributed by atoms with Crippen LogP contribution < -0.4 is 9.64 Å². The van der Waals surface area contributed by atoms with Gasteiger partial charge in [-0.05, 0) is 55.0 Å². The van der Waals surface area contributed by atoms with E-state index in [0.29, 0.717) is 49.2 Å². The number of hydrogen-bond acceptors (Lipinski definition) is 8. The summed E-state index contributed by atoms with van der Waals surface area (Å²) in [7, 11) is 3.09. The van der Waals surface area contributed by atoms with Gasteiger partial charge in [-0.2, -0.15) is 0 Å². The molecular formula is C26H29N3O6. The number of anilines is 1. The molecule has 0 radical (unpaired) electrons. The molecule has 0 atom stereocenters. The monoisotopic (exact) mass is 479 g/mol. The van der Waals surface area contributed by atoms with Gasteiger partial charge in [0.2, 0.25) is 6.29 Å². The van der Waals surface area contributed by atoms with E-state index < -0.39 is 18.0 Å². The molecule has 1 spiro atoms. The molecule has 2 fully saturated rings. The number of ether oxygens (including phenoxy) is 4. The number of pyridine rings is 1. The molecule has 1 saturated heterocycles. The molecule has 1 aliphatic carbocycles. The Balaban J connectivity index is 1.48. The van der Waals surface area contributed by atoms with Crippen LogP contribution in [0.3, 0.4) is 0 Å². The van der Waals surface area contributed by atoms with Crippen molar-refractivity contribution in [3.05, 3.63) is 58.9 Å². The van der Waals surface area contributed by atoms with Crippen molar-refractivity contribution in [2.45, 2.75) is 44.1 Å². The second-order valence-corrected chi connectivity index (χ2v) is 8.97. The molecule has 9 nitrogen and oxygen atoms in total. The summed E-state index contributed by atoms with van der Waals surface area (Å²) < 4.78 is 22.6. The van der Waals surface area contributed by atoms with Gasteiger partial charge in [-0.1, -0.05) is 18.2 Å². The van der Waals surface area contributed by atoms with E-state index in [4.69, 9.17) is 23.9 Å². The van der Waals surface area contributed by atoms with Crippen LogP contribution in [0.15, 0.2) is 42.1 Å². The van der Waals surface area contributed by atoms with Crippen LogP contribution in [0.4, 0.5) is 10.6 Å². The van der Waals surface area contributed by atoms with Gasteiger partial charge in [0.25, 0.3) is 0 Å². The second kappa shape index (κ2) is 9.79. The van der Waals surface area contributed by atoms with Gasteiger partial charge in [-0.25, -0.2) is 14.6 Å². The van der Waals surface area contributed by atoms with Crippen LogP contribution in [0.25, 0.3) is 0 Å². The smallest absolute Gasteiger partial charge is 0.410 e. The normalized spacial score (nSPS) is 18.4. The summed E-state index contributed by atoms with van der Waals surface area (Å²) in [6, 6.07) is 11.0. The molecule has 2 aromatic rings. The highest BCUT2D eigenvalue weighted by Crippen LogP contribution is 2.48. The van der Waals surface area contributed by atoms with Gasteiger partial charge in [-0.15, -0.1) is 0 Å². The molecule has 1 saturated carbocycles. The average Bonchev–Trinajstić information content (AvgIpc) is 3.64. The van der Waals surface area contributed by atoms with Gasteiger partial charge < -0.3 is 23.8 Å². The maximum Gasteiger partial charge on any atom is 0.420 e. The van der Waals surface area contributed by atoms with Crippen molar-refractivity contribution in [2.24, 2.45) is 0 Å². The molecular weight excluding hydrogens is 450 g/mol. The second-order valence-electron chi connectivity index (χ2n) is 8.97. The Morgan fingerprint density at radius 2 is 1.97 bits per heavy atom. The molecule has 0 bridgehead atoms. The Hall–Kier alpha value is -3.23. The van der Waals surface area contributed by atoms with E-state index in [1.54, 1.807) is 31.3 Å². The van der Waals surface area contributed by atoms with E-state index in [2.05, 4.69) is 5.94 Å². The zero-order chi connectivity index (χ0) is 24.4. The van der Waals surface area contributed by atoms with Crippen molar-refractivity contribution in [3.8, 4) is 5.75 Å². The largest absolute Gasteiger partial charge is 0.420 e. The third kappa shape index (κ3) is 4.56. The number of nitrogens with zero attached hydrogens (tertiary/aromatic N) is 3. The maximum atomic E-state index is 13.0. The lowest BCUT2D eigenvalue weighted by molar-refractivity contribution is -0.109. The van der Waals surface area contributed by atoms with Crippen molar-refractivity contribution < 1.29 is 28.5 Å². The molecule has 35 heavy (non-hydrogen) atoms. The summed E-state index contributed by atoms with van der Waals surface area (Å²) in [6.07, 6.45) is 2.02. The number of benzene rings is 1. The van der Waals surface area contributed by atoms with Crippen LogP contribution in [-0.2, 0) is 32.0 Å². The van der Waals surface area contributed by atoms with Crippen LogP contribution in [0, 0.1) is 0 Å². The number of aromatic nitrogens is 1. The number of carbonyl (C=O) groups excluding carboxylic acids is 2. The first-order valence-electron chi connectivity index (χ1n) is 11.9. The molecule has 1 aromatic heterocycles. The quantitative estimate of drug-likeness (QED) is 0.460. The number of methoxy groups -OCH3 is 2. The van der Waals surface area contributed by atoms with Gasteiger partial charge in [-0.3, -0.25) is 4.90 Å². The van der Waals surface area contributed by atoms with E-state index >= 15 is 0 Å². The summed E-state index contributed by atoms with van der Waals surface area (Å²) in [6.45, 7) is 2.08. The molecule has 0 unspecified atom stereocenters. The Labute approximate surface area is 204 Å². The molecule has 0 N–H and O–H groups in total. The zero-order valence-electron chi connectivity index (χ0n) is 20.0. The zero-order valence-corrected chi connectivity index (χ0v) is 20.0. The van der Waals surface area contributed by atoms with Crippen LogP contribution in [-0.4, -0.2) is 61.4 Å². The highest BCUT2D eigenvalue weighted by Gasteiger charge is 2.53. The molecule has 9 heteroatoms. The fourth-order valence-corrected chi connectivity index (χ4v) is 4.87. The molecule has 3 heterocycles. The fraction of sp³-hybridized carbons (Fsp3) is 0.462.